The van der Waals surface area contributed by atoms with Crippen molar-refractivity contribution in [3.05, 3.63) is 12.2 Å². The molecule has 0 aliphatic heterocycles. The molecule has 4 rings (SSSR count). The second kappa shape index (κ2) is 5.38. The molecule has 4 aliphatic carbocycles. The second-order valence-electron chi connectivity index (χ2n) is 9.73. The van der Waals surface area contributed by atoms with Crippen LogP contribution in [0.1, 0.15) is 78.1 Å². The van der Waals surface area contributed by atoms with Crippen LogP contribution in [0.25, 0.3) is 0 Å². The van der Waals surface area contributed by atoms with Gasteiger partial charge < -0.3 is 5.11 Å². The molecule has 1 N–H and O–H groups in total. The van der Waals surface area contributed by atoms with Crippen LogP contribution in [0.4, 0.5) is 0 Å². The quantitative estimate of drug-likeness (QED) is 0.509. The first-order valence-electron chi connectivity index (χ1n) is 10.3. The molecule has 1 nitrogen and oxygen atoms in total. The van der Waals surface area contributed by atoms with Crippen molar-refractivity contribution in [1.82, 2.24) is 0 Å². The lowest BCUT2D eigenvalue weighted by molar-refractivity contribution is -0.109. The lowest BCUT2D eigenvalue weighted by atomic mass is 9.44. The molecule has 0 heterocycles. The van der Waals surface area contributed by atoms with Gasteiger partial charge in [0.1, 0.15) is 5.60 Å². The Morgan fingerprint density at radius 1 is 1.17 bits per heavy atom. The predicted octanol–water partition coefficient (Wildman–Crippen LogP) is 5.34. The van der Waals surface area contributed by atoms with E-state index in [0.29, 0.717) is 23.2 Å². The van der Waals surface area contributed by atoms with Crippen molar-refractivity contribution in [2.75, 3.05) is 0 Å². The van der Waals surface area contributed by atoms with E-state index in [2.05, 4.69) is 26.3 Å². The highest BCUT2D eigenvalue weighted by atomic mass is 16.3. The standard InChI is InChI=1S/C23H34O/c1-5-22-15-16(3)20-17(18(22)11-14-23(22,24)6-2)10-13-21(4)12-8-7-9-19(20)21/h2,17-20,24H,3,5,7-15H2,1,4H3/t17?,18?,19?,20?,21?,22-,23-/m0/s1. The molecule has 0 bridgehead atoms. The normalized spacial score (nSPS) is 53.7. The topological polar surface area (TPSA) is 20.2 Å². The summed E-state index contributed by atoms with van der Waals surface area (Å²) in [5.41, 5.74) is 0.942. The SMILES string of the molecule is C#C[C@]1(O)CCC2C3CCC4(C)CCCCC4C3C(=C)C[C@@]21CC. The maximum Gasteiger partial charge on any atom is 0.131 e. The average Bonchev–Trinajstić information content (AvgIpc) is 2.88. The van der Waals surface area contributed by atoms with Gasteiger partial charge in [-0.25, -0.2) is 0 Å². The number of hydrogen-bond acceptors (Lipinski definition) is 1. The number of allylic oxidation sites excluding steroid dienone is 1. The van der Waals surface area contributed by atoms with E-state index in [0.717, 1.165) is 31.6 Å². The number of fused-ring (bicyclic) bond motifs is 5. The molecular weight excluding hydrogens is 292 g/mol. The highest BCUT2D eigenvalue weighted by Crippen LogP contribution is 2.69. The molecular formula is C23H34O. The fourth-order valence-corrected chi connectivity index (χ4v) is 7.88. The Morgan fingerprint density at radius 2 is 1.96 bits per heavy atom. The Morgan fingerprint density at radius 3 is 2.67 bits per heavy atom. The summed E-state index contributed by atoms with van der Waals surface area (Å²) in [6.07, 6.45) is 18.0. The van der Waals surface area contributed by atoms with Gasteiger partial charge in [-0.1, -0.05) is 44.8 Å². The Kier molecular flexibility index (Phi) is 3.74. The molecule has 4 saturated carbocycles. The molecule has 0 spiro atoms. The van der Waals surface area contributed by atoms with E-state index in [-0.39, 0.29) is 5.41 Å². The summed E-state index contributed by atoms with van der Waals surface area (Å²) in [7, 11) is 0. The van der Waals surface area contributed by atoms with Gasteiger partial charge in [0.25, 0.3) is 0 Å². The summed E-state index contributed by atoms with van der Waals surface area (Å²) in [5.74, 6) is 5.66. The van der Waals surface area contributed by atoms with Gasteiger partial charge in [0.15, 0.2) is 0 Å². The molecule has 132 valence electrons. The molecule has 5 unspecified atom stereocenters. The molecule has 0 aromatic carbocycles. The Hall–Kier alpha value is -0.740. The third-order valence-corrected chi connectivity index (χ3v) is 9.10. The summed E-state index contributed by atoms with van der Waals surface area (Å²) in [6, 6.07) is 0. The van der Waals surface area contributed by atoms with Gasteiger partial charge in [-0.15, -0.1) is 6.42 Å². The van der Waals surface area contributed by atoms with Gasteiger partial charge in [0.05, 0.1) is 0 Å². The van der Waals surface area contributed by atoms with Gasteiger partial charge in [0.2, 0.25) is 0 Å². The van der Waals surface area contributed by atoms with Crippen molar-refractivity contribution >= 4 is 0 Å². The van der Waals surface area contributed by atoms with Crippen molar-refractivity contribution in [3.63, 3.8) is 0 Å². The van der Waals surface area contributed by atoms with Gasteiger partial charge >= 0.3 is 0 Å². The molecule has 7 atom stereocenters. The van der Waals surface area contributed by atoms with E-state index in [1.807, 2.05) is 0 Å². The average molecular weight is 327 g/mol. The zero-order valence-electron chi connectivity index (χ0n) is 15.6. The van der Waals surface area contributed by atoms with Crippen LogP contribution in [0.15, 0.2) is 12.2 Å². The van der Waals surface area contributed by atoms with Crippen molar-refractivity contribution in [1.29, 1.82) is 0 Å². The first-order valence-corrected chi connectivity index (χ1v) is 10.3. The molecule has 0 amide bonds. The lowest BCUT2D eigenvalue weighted by Gasteiger charge is -2.60. The zero-order valence-corrected chi connectivity index (χ0v) is 15.6. The maximum absolute atomic E-state index is 11.3. The molecule has 0 radical (unpaired) electrons. The van der Waals surface area contributed by atoms with E-state index < -0.39 is 5.60 Å². The number of hydrogen-bond donors (Lipinski definition) is 1. The van der Waals surface area contributed by atoms with Crippen molar-refractivity contribution in [2.45, 2.75) is 83.7 Å². The van der Waals surface area contributed by atoms with Crippen molar-refractivity contribution in [3.8, 4) is 12.3 Å². The van der Waals surface area contributed by atoms with Crippen LogP contribution in [0.3, 0.4) is 0 Å². The summed E-state index contributed by atoms with van der Waals surface area (Å²) in [4.78, 5) is 0. The Labute approximate surface area is 148 Å². The maximum atomic E-state index is 11.3. The van der Waals surface area contributed by atoms with Crippen molar-refractivity contribution in [2.24, 2.45) is 34.5 Å². The number of aliphatic hydroxyl groups is 1. The first-order chi connectivity index (χ1) is 11.4. The van der Waals surface area contributed by atoms with Crippen LogP contribution >= 0.6 is 0 Å². The van der Waals surface area contributed by atoms with Crippen LogP contribution < -0.4 is 0 Å². The highest BCUT2D eigenvalue weighted by molar-refractivity contribution is 5.30. The summed E-state index contributed by atoms with van der Waals surface area (Å²) >= 11 is 0. The molecule has 4 aliphatic rings. The van der Waals surface area contributed by atoms with E-state index in [9.17, 15) is 5.11 Å². The minimum Gasteiger partial charge on any atom is -0.377 e. The first kappa shape index (κ1) is 16.7. The molecule has 4 fully saturated rings. The summed E-state index contributed by atoms with van der Waals surface area (Å²) < 4.78 is 0. The fourth-order valence-electron chi connectivity index (χ4n) is 7.88. The second-order valence-corrected chi connectivity index (χ2v) is 9.73. The monoisotopic (exact) mass is 326 g/mol. The fraction of sp³-hybridized carbons (Fsp3) is 0.826. The molecule has 0 aromatic rings. The lowest BCUT2D eigenvalue weighted by Crippen LogP contribution is -2.56. The van der Waals surface area contributed by atoms with Crippen LogP contribution in [0, 0.1) is 46.8 Å². The van der Waals surface area contributed by atoms with Crippen LogP contribution in [0.5, 0.6) is 0 Å². The zero-order chi connectivity index (χ0) is 17.2. The number of terminal acetylenes is 1. The predicted molar refractivity (Wildman–Crippen MR) is 99.3 cm³/mol. The van der Waals surface area contributed by atoms with Crippen molar-refractivity contribution < 1.29 is 5.11 Å². The van der Waals surface area contributed by atoms with Crippen LogP contribution in [-0.4, -0.2) is 10.7 Å². The third-order valence-electron chi connectivity index (χ3n) is 9.10. The van der Waals surface area contributed by atoms with Gasteiger partial charge in [-0.2, -0.15) is 0 Å². The number of rotatable bonds is 1. The minimum absolute atomic E-state index is 0.109. The van der Waals surface area contributed by atoms with Gasteiger partial charge in [0, 0.05) is 5.41 Å². The van der Waals surface area contributed by atoms with E-state index in [1.165, 1.54) is 44.1 Å². The van der Waals surface area contributed by atoms with Crippen LogP contribution in [0.2, 0.25) is 0 Å². The highest BCUT2D eigenvalue weighted by Gasteiger charge is 2.65. The van der Waals surface area contributed by atoms with Gasteiger partial charge in [-0.05, 0) is 80.5 Å². The largest absolute Gasteiger partial charge is 0.377 e. The Balaban J connectivity index is 1.73. The van der Waals surface area contributed by atoms with E-state index in [1.54, 1.807) is 0 Å². The summed E-state index contributed by atoms with van der Waals surface area (Å²) in [6.45, 7) is 9.38. The smallest absolute Gasteiger partial charge is 0.131 e. The van der Waals surface area contributed by atoms with Crippen LogP contribution in [-0.2, 0) is 0 Å². The molecule has 24 heavy (non-hydrogen) atoms. The Bertz CT molecular complexity index is 585. The van der Waals surface area contributed by atoms with Gasteiger partial charge in [-0.3, -0.25) is 0 Å². The molecule has 1 heteroatoms. The van der Waals surface area contributed by atoms with E-state index in [4.69, 9.17) is 6.42 Å². The minimum atomic E-state index is -0.909. The summed E-state index contributed by atoms with van der Waals surface area (Å²) in [5, 5.41) is 11.3. The molecule has 0 saturated heterocycles. The third kappa shape index (κ3) is 1.93. The molecule has 0 aromatic heterocycles. The van der Waals surface area contributed by atoms with E-state index >= 15 is 0 Å².